The zero-order valence-corrected chi connectivity index (χ0v) is 21.4. The maximum atomic E-state index is 13.6. The molecule has 7 nitrogen and oxygen atoms in total. The van der Waals surface area contributed by atoms with Crippen LogP contribution in [0.1, 0.15) is 37.8 Å². The van der Waals surface area contributed by atoms with Crippen molar-refractivity contribution in [2.24, 2.45) is 0 Å². The highest BCUT2D eigenvalue weighted by Crippen LogP contribution is 2.25. The van der Waals surface area contributed by atoms with Crippen molar-refractivity contribution in [3.8, 4) is 0 Å². The van der Waals surface area contributed by atoms with E-state index in [1.165, 1.54) is 11.0 Å². The minimum absolute atomic E-state index is 0.0538. The molecule has 0 aliphatic carbocycles. The molecule has 10 heteroatoms. The lowest BCUT2D eigenvalue weighted by atomic mass is 10.1. The van der Waals surface area contributed by atoms with E-state index in [2.05, 4.69) is 5.32 Å². The summed E-state index contributed by atoms with van der Waals surface area (Å²) in [4.78, 5) is 27.6. The third-order valence-electron chi connectivity index (χ3n) is 5.47. The summed E-state index contributed by atoms with van der Waals surface area (Å²) in [5.41, 5.74) is 1.82. The van der Waals surface area contributed by atoms with Crippen LogP contribution in [0.3, 0.4) is 0 Å². The molecule has 0 saturated carbocycles. The Bertz CT molecular complexity index is 1130. The molecule has 0 bridgehead atoms. The Morgan fingerprint density at radius 1 is 1.18 bits per heavy atom. The molecule has 0 unspecified atom stereocenters. The SMILES string of the molecule is CCCCNC(=O)[C@H](C)N(Cc1ccccc1C)C(=O)CN(c1ccc(F)c(Cl)c1)S(C)(=O)=O. The molecule has 0 saturated heterocycles. The van der Waals surface area contributed by atoms with Gasteiger partial charge in [-0.15, -0.1) is 0 Å². The average Bonchev–Trinajstić information content (AvgIpc) is 2.77. The van der Waals surface area contributed by atoms with Gasteiger partial charge in [0.15, 0.2) is 0 Å². The van der Waals surface area contributed by atoms with E-state index < -0.39 is 34.3 Å². The fraction of sp³-hybridized carbons (Fsp3) is 0.417. The van der Waals surface area contributed by atoms with E-state index in [-0.39, 0.29) is 23.2 Å². The second-order valence-electron chi connectivity index (χ2n) is 8.14. The van der Waals surface area contributed by atoms with Crippen LogP contribution >= 0.6 is 11.6 Å². The summed E-state index contributed by atoms with van der Waals surface area (Å²) in [7, 11) is -3.92. The maximum Gasteiger partial charge on any atom is 0.244 e. The van der Waals surface area contributed by atoms with E-state index in [9.17, 15) is 22.4 Å². The molecule has 0 fully saturated rings. The maximum absolute atomic E-state index is 13.6. The fourth-order valence-corrected chi connectivity index (χ4v) is 4.36. The van der Waals surface area contributed by atoms with Crippen molar-refractivity contribution < 1.29 is 22.4 Å². The van der Waals surface area contributed by atoms with Crippen LogP contribution in [-0.4, -0.2) is 50.5 Å². The van der Waals surface area contributed by atoms with Gasteiger partial charge < -0.3 is 10.2 Å². The summed E-state index contributed by atoms with van der Waals surface area (Å²) in [6.45, 7) is 5.54. The average molecular weight is 512 g/mol. The molecule has 0 aliphatic rings. The van der Waals surface area contributed by atoms with Crippen molar-refractivity contribution in [3.05, 3.63) is 64.4 Å². The molecule has 2 rings (SSSR count). The van der Waals surface area contributed by atoms with Crippen molar-refractivity contribution in [3.63, 3.8) is 0 Å². The number of rotatable bonds is 11. The molecule has 186 valence electrons. The van der Waals surface area contributed by atoms with E-state index in [1.54, 1.807) is 6.92 Å². The Hall–Kier alpha value is -2.65. The normalized spacial score (nSPS) is 12.2. The van der Waals surface area contributed by atoms with Crippen LogP contribution < -0.4 is 9.62 Å². The second-order valence-corrected chi connectivity index (χ2v) is 10.5. The van der Waals surface area contributed by atoms with Gasteiger partial charge in [-0.05, 0) is 49.6 Å². The molecule has 0 aromatic heterocycles. The van der Waals surface area contributed by atoms with Gasteiger partial charge in [-0.1, -0.05) is 49.2 Å². The monoisotopic (exact) mass is 511 g/mol. The summed E-state index contributed by atoms with van der Waals surface area (Å²) < 4.78 is 39.5. The van der Waals surface area contributed by atoms with Crippen LogP contribution in [0.5, 0.6) is 0 Å². The summed E-state index contributed by atoms with van der Waals surface area (Å²) in [5.74, 6) is -1.61. The molecule has 2 aromatic rings. The molecule has 1 atom stereocenters. The highest BCUT2D eigenvalue weighted by Gasteiger charge is 2.30. The summed E-state index contributed by atoms with van der Waals surface area (Å²) >= 11 is 5.84. The van der Waals surface area contributed by atoms with Crippen LogP contribution in [0, 0.1) is 12.7 Å². The van der Waals surface area contributed by atoms with E-state index in [0.717, 1.165) is 46.7 Å². The predicted octanol–water partition coefficient (Wildman–Crippen LogP) is 3.89. The number of nitrogens with one attached hydrogen (secondary N) is 1. The lowest BCUT2D eigenvalue weighted by Crippen LogP contribution is -2.51. The first-order chi connectivity index (χ1) is 16.0. The Morgan fingerprint density at radius 3 is 2.44 bits per heavy atom. The number of halogens is 2. The third kappa shape index (κ3) is 7.43. The number of carbonyl (C=O) groups is 2. The molecule has 2 amide bonds. The second kappa shape index (κ2) is 12.2. The van der Waals surface area contributed by atoms with Crippen LogP contribution in [0.4, 0.5) is 10.1 Å². The standard InChI is InChI=1S/C24H31ClFN3O4S/c1-5-6-13-27-24(31)18(3)28(15-19-10-8-7-9-17(19)2)23(30)16-29(34(4,32)33)20-11-12-22(26)21(25)14-20/h7-12,14,18H,5-6,13,15-16H2,1-4H3,(H,27,31)/t18-/m0/s1. The zero-order chi connectivity index (χ0) is 25.5. The first-order valence-corrected chi connectivity index (χ1v) is 13.2. The largest absolute Gasteiger partial charge is 0.354 e. The number of hydrogen-bond acceptors (Lipinski definition) is 4. The van der Waals surface area contributed by atoms with Gasteiger partial charge in [-0.3, -0.25) is 13.9 Å². The van der Waals surface area contributed by atoms with Crippen molar-refractivity contribution in [1.29, 1.82) is 0 Å². The number of amides is 2. The molecular formula is C24H31ClFN3O4S. The third-order valence-corrected chi connectivity index (χ3v) is 6.90. The van der Waals surface area contributed by atoms with E-state index in [0.29, 0.717) is 6.54 Å². The van der Waals surface area contributed by atoms with Crippen LogP contribution in [0.25, 0.3) is 0 Å². The van der Waals surface area contributed by atoms with Crippen molar-refractivity contribution in [1.82, 2.24) is 10.2 Å². The quantitative estimate of drug-likeness (QED) is 0.464. The summed E-state index contributed by atoms with van der Waals surface area (Å²) in [5, 5.41) is 2.56. The van der Waals surface area contributed by atoms with Gasteiger partial charge in [0.05, 0.1) is 17.0 Å². The molecule has 1 N–H and O–H groups in total. The van der Waals surface area contributed by atoms with Crippen LogP contribution in [0.15, 0.2) is 42.5 Å². The number of unbranched alkanes of at least 4 members (excludes halogenated alkanes) is 1. The van der Waals surface area contributed by atoms with Gasteiger partial charge >= 0.3 is 0 Å². The molecular weight excluding hydrogens is 481 g/mol. The van der Waals surface area contributed by atoms with E-state index in [4.69, 9.17) is 11.6 Å². The minimum atomic E-state index is -3.92. The van der Waals surface area contributed by atoms with Gasteiger partial charge in [-0.25, -0.2) is 12.8 Å². The number of sulfonamides is 1. The first-order valence-electron chi connectivity index (χ1n) is 11.0. The molecule has 0 radical (unpaired) electrons. The van der Waals surface area contributed by atoms with Crippen molar-refractivity contribution in [2.75, 3.05) is 23.7 Å². The van der Waals surface area contributed by atoms with Gasteiger partial charge in [0.1, 0.15) is 18.4 Å². The summed E-state index contributed by atoms with van der Waals surface area (Å²) in [6.07, 6.45) is 2.66. The molecule has 0 heterocycles. The smallest absolute Gasteiger partial charge is 0.244 e. The molecule has 0 aliphatic heterocycles. The number of hydrogen-bond donors (Lipinski definition) is 1. The van der Waals surface area contributed by atoms with Gasteiger partial charge in [0.25, 0.3) is 0 Å². The Labute approximate surface area is 205 Å². The highest BCUT2D eigenvalue weighted by atomic mass is 35.5. The number of benzene rings is 2. The van der Waals surface area contributed by atoms with Gasteiger partial charge in [0, 0.05) is 13.1 Å². The fourth-order valence-electron chi connectivity index (χ4n) is 3.34. The van der Waals surface area contributed by atoms with Crippen molar-refractivity contribution in [2.45, 2.75) is 46.2 Å². The number of carbonyl (C=O) groups excluding carboxylic acids is 2. The lowest BCUT2D eigenvalue weighted by molar-refractivity contribution is -0.139. The lowest BCUT2D eigenvalue weighted by Gasteiger charge is -2.32. The highest BCUT2D eigenvalue weighted by molar-refractivity contribution is 7.92. The number of anilines is 1. The minimum Gasteiger partial charge on any atom is -0.354 e. The number of nitrogens with zero attached hydrogens (tertiary/aromatic N) is 2. The Morgan fingerprint density at radius 2 is 1.85 bits per heavy atom. The number of aryl methyl sites for hydroxylation is 1. The summed E-state index contributed by atoms with van der Waals surface area (Å²) in [6, 6.07) is 10.0. The van der Waals surface area contributed by atoms with Crippen molar-refractivity contribution >= 4 is 39.1 Å². The molecule has 2 aromatic carbocycles. The van der Waals surface area contributed by atoms with E-state index in [1.807, 2.05) is 38.1 Å². The van der Waals surface area contributed by atoms with Crippen LogP contribution in [0.2, 0.25) is 5.02 Å². The Kier molecular flexibility index (Phi) is 9.88. The van der Waals surface area contributed by atoms with Gasteiger partial charge in [0.2, 0.25) is 21.8 Å². The molecule has 34 heavy (non-hydrogen) atoms. The first kappa shape index (κ1) is 27.6. The predicted molar refractivity (Wildman–Crippen MR) is 133 cm³/mol. The zero-order valence-electron chi connectivity index (χ0n) is 19.8. The molecule has 0 spiro atoms. The van der Waals surface area contributed by atoms with E-state index >= 15 is 0 Å². The topological polar surface area (TPSA) is 86.8 Å². The van der Waals surface area contributed by atoms with Gasteiger partial charge in [-0.2, -0.15) is 0 Å². The van der Waals surface area contributed by atoms with Crippen LogP contribution in [-0.2, 0) is 26.2 Å². The Balaban J connectivity index is 2.38.